The van der Waals surface area contributed by atoms with Gasteiger partial charge in [-0.15, -0.1) is 5.10 Å². The van der Waals surface area contributed by atoms with Gasteiger partial charge in [0.05, 0.1) is 12.7 Å². The number of fused-ring (bicyclic) bond motifs is 1. The summed E-state index contributed by atoms with van der Waals surface area (Å²) in [7, 11) is 1.57. The van der Waals surface area contributed by atoms with E-state index < -0.39 is 0 Å². The first-order valence-electron chi connectivity index (χ1n) is 9.27. The minimum atomic E-state index is -0.263. The van der Waals surface area contributed by atoms with Gasteiger partial charge in [0.1, 0.15) is 18.1 Å². The van der Waals surface area contributed by atoms with Gasteiger partial charge in [-0.1, -0.05) is 11.2 Å². The van der Waals surface area contributed by atoms with E-state index in [-0.39, 0.29) is 29.6 Å². The molecule has 0 saturated carbocycles. The molecular formula is C21H21N5O4. The number of ether oxygens (including phenoxy) is 1. The number of phenols is 1. The molecule has 9 heteroatoms. The van der Waals surface area contributed by atoms with E-state index in [0.717, 1.165) is 11.1 Å². The average Bonchev–Trinajstić information content (AvgIpc) is 3.29. The summed E-state index contributed by atoms with van der Waals surface area (Å²) in [6.45, 7) is 5.63. The zero-order chi connectivity index (χ0) is 21.6. The normalized spacial score (nSPS) is 11.2. The van der Waals surface area contributed by atoms with Gasteiger partial charge in [-0.25, -0.2) is 0 Å². The molecule has 154 valence electrons. The monoisotopic (exact) mass is 407 g/mol. The number of anilines is 1. The molecule has 0 spiro atoms. The lowest BCUT2D eigenvalue weighted by Crippen LogP contribution is -2.10. The van der Waals surface area contributed by atoms with E-state index in [0.29, 0.717) is 33.6 Å². The van der Waals surface area contributed by atoms with Crippen LogP contribution in [0.4, 0.5) is 5.95 Å². The summed E-state index contributed by atoms with van der Waals surface area (Å²) < 4.78 is 11.3. The third kappa shape index (κ3) is 3.14. The molecule has 3 N–H and O–H groups in total. The van der Waals surface area contributed by atoms with Crippen molar-refractivity contribution in [2.45, 2.75) is 27.3 Å². The van der Waals surface area contributed by atoms with E-state index in [1.165, 1.54) is 4.80 Å². The van der Waals surface area contributed by atoms with Gasteiger partial charge in [0.25, 0.3) is 5.95 Å². The van der Waals surface area contributed by atoms with Crippen molar-refractivity contribution in [3.05, 3.63) is 57.8 Å². The van der Waals surface area contributed by atoms with Crippen molar-refractivity contribution < 1.29 is 19.1 Å². The third-order valence-corrected chi connectivity index (χ3v) is 5.19. The van der Waals surface area contributed by atoms with Crippen LogP contribution >= 0.6 is 0 Å². The number of aromatic nitrogens is 4. The van der Waals surface area contributed by atoms with Crippen LogP contribution in [0, 0.1) is 20.8 Å². The number of hydrogen-bond donors (Lipinski definition) is 2. The fourth-order valence-electron chi connectivity index (χ4n) is 3.42. The van der Waals surface area contributed by atoms with E-state index in [4.69, 9.17) is 14.9 Å². The lowest BCUT2D eigenvalue weighted by molar-refractivity contribution is 0.103. The van der Waals surface area contributed by atoms with Gasteiger partial charge >= 0.3 is 0 Å². The summed E-state index contributed by atoms with van der Waals surface area (Å²) >= 11 is 0. The highest BCUT2D eigenvalue weighted by molar-refractivity contribution is 6.17. The van der Waals surface area contributed by atoms with E-state index in [1.807, 2.05) is 19.9 Å². The number of ketones is 1. The van der Waals surface area contributed by atoms with Crippen molar-refractivity contribution in [2.24, 2.45) is 0 Å². The van der Waals surface area contributed by atoms with E-state index >= 15 is 0 Å². The number of aromatic hydroxyl groups is 1. The molecule has 0 aliphatic heterocycles. The zero-order valence-corrected chi connectivity index (χ0v) is 17.1. The summed E-state index contributed by atoms with van der Waals surface area (Å²) in [5.74, 6) is 0.650. The van der Waals surface area contributed by atoms with Gasteiger partial charge in [-0.2, -0.15) is 4.80 Å². The van der Waals surface area contributed by atoms with Crippen LogP contribution in [0.2, 0.25) is 0 Å². The highest BCUT2D eigenvalue weighted by Crippen LogP contribution is 2.36. The van der Waals surface area contributed by atoms with Crippen LogP contribution in [0.15, 0.2) is 28.7 Å². The molecule has 0 atom stereocenters. The number of carbonyl (C=O) groups is 1. The minimum absolute atomic E-state index is 0.0107. The first-order chi connectivity index (χ1) is 14.3. The Bertz CT molecular complexity index is 1290. The largest absolute Gasteiger partial charge is 0.504 e. The van der Waals surface area contributed by atoms with E-state index in [1.54, 1.807) is 32.2 Å². The third-order valence-electron chi connectivity index (χ3n) is 5.19. The minimum Gasteiger partial charge on any atom is -0.504 e. The molecule has 2 aromatic heterocycles. The number of rotatable bonds is 5. The van der Waals surface area contributed by atoms with E-state index in [9.17, 15) is 9.90 Å². The molecule has 2 heterocycles. The lowest BCUT2D eigenvalue weighted by Gasteiger charge is -2.11. The molecule has 0 unspecified atom stereocenters. The molecule has 0 fully saturated rings. The summed E-state index contributed by atoms with van der Waals surface area (Å²) in [5.41, 5.74) is 9.07. The topological polar surface area (TPSA) is 129 Å². The van der Waals surface area contributed by atoms with Crippen molar-refractivity contribution in [3.63, 3.8) is 0 Å². The molecule has 4 aromatic rings. The molecular weight excluding hydrogens is 386 g/mol. The quantitative estimate of drug-likeness (QED) is 0.483. The zero-order valence-electron chi connectivity index (χ0n) is 17.1. The summed E-state index contributed by atoms with van der Waals surface area (Å²) in [6.07, 6.45) is 0. The summed E-state index contributed by atoms with van der Waals surface area (Å²) in [6, 6.07) is 7.00. The van der Waals surface area contributed by atoms with Gasteiger partial charge in [-0.05, 0) is 60.9 Å². The highest BCUT2D eigenvalue weighted by atomic mass is 16.5. The molecule has 0 radical (unpaired) electrons. The molecule has 0 saturated heterocycles. The number of aryl methyl sites for hydroxylation is 2. The van der Waals surface area contributed by atoms with Gasteiger partial charge in [-0.3, -0.25) is 4.79 Å². The number of nitrogens with zero attached hydrogens (tertiary/aromatic N) is 4. The number of phenolic OH excluding ortho intramolecular Hbond substituents is 1. The first-order valence-corrected chi connectivity index (χ1v) is 9.27. The number of furan rings is 1. The maximum absolute atomic E-state index is 13.6. The fraction of sp³-hybridized carbons (Fsp3) is 0.238. The SMILES string of the molecule is COc1cc(C(=O)c2c(Cn3nnc(N)n3)oc3c(O)c(C)ccc23)cc(C)c1C. The van der Waals surface area contributed by atoms with Crippen LogP contribution in [0.3, 0.4) is 0 Å². The fourth-order valence-corrected chi connectivity index (χ4v) is 3.42. The van der Waals surface area contributed by atoms with Gasteiger partial charge in [0.15, 0.2) is 17.1 Å². The van der Waals surface area contributed by atoms with Crippen LogP contribution < -0.4 is 10.5 Å². The van der Waals surface area contributed by atoms with Crippen LogP contribution in [-0.2, 0) is 6.54 Å². The number of nitrogen functional groups attached to an aromatic ring is 1. The van der Waals surface area contributed by atoms with Crippen molar-refractivity contribution in [2.75, 3.05) is 12.8 Å². The maximum Gasteiger partial charge on any atom is 0.260 e. The Morgan fingerprint density at radius 1 is 1.23 bits per heavy atom. The molecule has 0 aliphatic carbocycles. The molecule has 4 rings (SSSR count). The Balaban J connectivity index is 1.92. The molecule has 0 amide bonds. The Morgan fingerprint density at radius 3 is 2.67 bits per heavy atom. The summed E-state index contributed by atoms with van der Waals surface area (Å²) in [4.78, 5) is 14.8. The van der Waals surface area contributed by atoms with Crippen LogP contribution in [0.25, 0.3) is 11.0 Å². The van der Waals surface area contributed by atoms with Crippen molar-refractivity contribution in [3.8, 4) is 11.5 Å². The molecule has 0 aliphatic rings. The van der Waals surface area contributed by atoms with Crippen molar-refractivity contribution >= 4 is 22.7 Å². The molecule has 30 heavy (non-hydrogen) atoms. The lowest BCUT2D eigenvalue weighted by atomic mass is 9.96. The second kappa shape index (κ2) is 7.18. The Hall–Kier alpha value is -3.88. The van der Waals surface area contributed by atoms with Crippen molar-refractivity contribution in [1.82, 2.24) is 20.2 Å². The number of nitrogens with two attached hydrogens (primary N) is 1. The second-order valence-corrected chi connectivity index (χ2v) is 7.14. The van der Waals surface area contributed by atoms with Gasteiger partial charge in [0, 0.05) is 10.9 Å². The number of carbonyl (C=O) groups excluding carboxylic acids is 1. The second-order valence-electron chi connectivity index (χ2n) is 7.14. The smallest absolute Gasteiger partial charge is 0.260 e. The average molecular weight is 407 g/mol. The van der Waals surface area contributed by atoms with Crippen LogP contribution in [0.5, 0.6) is 11.5 Å². The molecule has 2 aromatic carbocycles. The van der Waals surface area contributed by atoms with Gasteiger partial charge < -0.3 is 20.0 Å². The number of benzene rings is 2. The van der Waals surface area contributed by atoms with E-state index in [2.05, 4.69) is 15.4 Å². The number of hydrogen-bond acceptors (Lipinski definition) is 8. The highest BCUT2D eigenvalue weighted by Gasteiger charge is 2.26. The Kier molecular flexibility index (Phi) is 4.65. The first kappa shape index (κ1) is 19.4. The number of tetrazole rings is 1. The number of methoxy groups -OCH3 is 1. The van der Waals surface area contributed by atoms with Crippen LogP contribution in [0.1, 0.15) is 38.4 Å². The Labute approximate surface area is 172 Å². The summed E-state index contributed by atoms with van der Waals surface area (Å²) in [5, 5.41) is 22.4. The predicted molar refractivity (Wildman–Crippen MR) is 110 cm³/mol. The molecule has 9 nitrogen and oxygen atoms in total. The Morgan fingerprint density at radius 2 is 2.00 bits per heavy atom. The predicted octanol–water partition coefficient (Wildman–Crippen LogP) is 2.92. The maximum atomic E-state index is 13.6. The standard InChI is InChI=1S/C21H21N5O4/c1-10-5-6-14-17(19(28)13-7-11(2)12(3)15(8-13)29-4)16(30-20(14)18(10)27)9-26-24-21(22)23-25-26/h5-8,27H,9H2,1-4H3,(H2,22,24). The van der Waals surface area contributed by atoms with Gasteiger partial charge in [0.2, 0.25) is 0 Å². The molecule has 0 bridgehead atoms. The van der Waals surface area contributed by atoms with Crippen molar-refractivity contribution in [1.29, 1.82) is 0 Å². The van der Waals surface area contributed by atoms with Crippen LogP contribution in [-0.4, -0.2) is 38.2 Å².